The lowest BCUT2D eigenvalue weighted by atomic mass is 10.3. The average molecular weight is 351 g/mol. The summed E-state index contributed by atoms with van der Waals surface area (Å²) in [5, 5.41) is 12.8. The third-order valence-corrected chi connectivity index (χ3v) is 2.78. The molecule has 0 radical (unpaired) electrons. The van der Waals surface area contributed by atoms with Gasteiger partial charge in [-0.05, 0) is 40.8 Å². The van der Waals surface area contributed by atoms with Crippen LogP contribution in [-0.2, 0) is 9.47 Å². The number of aliphatic hydroxyl groups excluding tert-OH is 1. The molecule has 1 atom stereocenters. The van der Waals surface area contributed by atoms with Crippen LogP contribution < -0.4 is 5.32 Å². The van der Waals surface area contributed by atoms with Crippen molar-refractivity contribution >= 4 is 28.3 Å². The minimum atomic E-state index is -0.510. The summed E-state index contributed by atoms with van der Waals surface area (Å²) in [6, 6.07) is 8.00. The maximum absolute atomic E-state index is 9.65. The van der Waals surface area contributed by atoms with E-state index in [-0.39, 0.29) is 0 Å². The normalized spacial score (nSPS) is 12.4. The van der Waals surface area contributed by atoms with Crippen LogP contribution in [0.4, 0.5) is 5.69 Å². The lowest BCUT2D eigenvalue weighted by Crippen LogP contribution is -2.25. The summed E-state index contributed by atoms with van der Waals surface area (Å²) < 4.78 is 11.2. The zero-order valence-electron chi connectivity index (χ0n) is 9.86. The number of ether oxygens (including phenoxy) is 2. The van der Waals surface area contributed by atoms with E-state index in [1.807, 2.05) is 24.3 Å². The van der Waals surface area contributed by atoms with Gasteiger partial charge in [0.15, 0.2) is 0 Å². The minimum absolute atomic E-state index is 0.320. The van der Waals surface area contributed by atoms with Crippen molar-refractivity contribution in [1.82, 2.24) is 0 Å². The molecular formula is C12H18INO3. The van der Waals surface area contributed by atoms with Crippen molar-refractivity contribution in [3.05, 3.63) is 27.8 Å². The maximum Gasteiger partial charge on any atom is 0.0945 e. The van der Waals surface area contributed by atoms with Gasteiger partial charge in [0, 0.05) is 22.9 Å². The maximum atomic E-state index is 9.65. The Morgan fingerprint density at radius 1 is 1.41 bits per heavy atom. The van der Waals surface area contributed by atoms with Gasteiger partial charge in [-0.1, -0.05) is 6.07 Å². The SMILES string of the molecule is COCCOCC(O)CNc1cccc(I)c1. The molecule has 17 heavy (non-hydrogen) atoms. The number of benzene rings is 1. The van der Waals surface area contributed by atoms with E-state index in [2.05, 4.69) is 27.9 Å². The molecule has 0 aliphatic carbocycles. The molecule has 1 rings (SSSR count). The van der Waals surface area contributed by atoms with Gasteiger partial charge in [0.05, 0.1) is 25.9 Å². The number of nitrogens with one attached hydrogen (secondary N) is 1. The van der Waals surface area contributed by atoms with Gasteiger partial charge in [0.25, 0.3) is 0 Å². The van der Waals surface area contributed by atoms with Gasteiger partial charge in [0.2, 0.25) is 0 Å². The average Bonchev–Trinajstić information content (AvgIpc) is 2.32. The number of rotatable bonds is 8. The monoisotopic (exact) mass is 351 g/mol. The van der Waals surface area contributed by atoms with E-state index in [1.165, 1.54) is 3.57 Å². The Bertz CT molecular complexity index is 322. The molecular weight excluding hydrogens is 333 g/mol. The summed E-state index contributed by atoms with van der Waals surface area (Å²) in [7, 11) is 1.62. The van der Waals surface area contributed by atoms with Crippen LogP contribution in [0.2, 0.25) is 0 Å². The van der Waals surface area contributed by atoms with Crippen LogP contribution in [0.1, 0.15) is 0 Å². The second kappa shape index (κ2) is 8.68. The van der Waals surface area contributed by atoms with Crippen molar-refractivity contribution in [2.45, 2.75) is 6.10 Å². The van der Waals surface area contributed by atoms with Crippen molar-refractivity contribution in [1.29, 1.82) is 0 Å². The molecule has 0 bridgehead atoms. The van der Waals surface area contributed by atoms with Gasteiger partial charge in [-0.15, -0.1) is 0 Å². The van der Waals surface area contributed by atoms with Crippen LogP contribution >= 0.6 is 22.6 Å². The van der Waals surface area contributed by atoms with E-state index < -0.39 is 6.10 Å². The summed E-state index contributed by atoms with van der Waals surface area (Å²) >= 11 is 2.25. The second-order valence-electron chi connectivity index (χ2n) is 3.61. The zero-order chi connectivity index (χ0) is 12.5. The Morgan fingerprint density at radius 3 is 2.94 bits per heavy atom. The molecule has 0 heterocycles. The van der Waals surface area contributed by atoms with Gasteiger partial charge >= 0.3 is 0 Å². The third kappa shape index (κ3) is 6.82. The summed E-state index contributed by atoms with van der Waals surface area (Å²) in [5.74, 6) is 0. The molecule has 0 amide bonds. The van der Waals surface area contributed by atoms with Crippen LogP contribution in [-0.4, -0.2) is 44.7 Å². The van der Waals surface area contributed by atoms with E-state index in [1.54, 1.807) is 7.11 Å². The van der Waals surface area contributed by atoms with Crippen LogP contribution in [0.15, 0.2) is 24.3 Å². The fraction of sp³-hybridized carbons (Fsp3) is 0.500. The highest BCUT2D eigenvalue weighted by atomic mass is 127. The lowest BCUT2D eigenvalue weighted by molar-refractivity contribution is 0.0182. The van der Waals surface area contributed by atoms with E-state index in [9.17, 15) is 5.11 Å². The zero-order valence-corrected chi connectivity index (χ0v) is 12.0. The summed E-state index contributed by atoms with van der Waals surface area (Å²) in [4.78, 5) is 0. The van der Waals surface area contributed by atoms with E-state index in [0.717, 1.165) is 5.69 Å². The minimum Gasteiger partial charge on any atom is -0.389 e. The Morgan fingerprint density at radius 2 is 2.24 bits per heavy atom. The number of halogens is 1. The number of aliphatic hydroxyl groups is 1. The predicted octanol–water partition coefficient (Wildman–Crippen LogP) is 1.73. The molecule has 1 aromatic rings. The highest BCUT2D eigenvalue weighted by Crippen LogP contribution is 2.12. The third-order valence-electron chi connectivity index (χ3n) is 2.11. The lowest BCUT2D eigenvalue weighted by Gasteiger charge is -2.13. The van der Waals surface area contributed by atoms with Crippen LogP contribution in [0, 0.1) is 3.57 Å². The van der Waals surface area contributed by atoms with Gasteiger partial charge in [-0.3, -0.25) is 0 Å². The van der Waals surface area contributed by atoms with Gasteiger partial charge in [-0.2, -0.15) is 0 Å². The number of hydrogen-bond acceptors (Lipinski definition) is 4. The van der Waals surface area contributed by atoms with Crippen LogP contribution in [0.5, 0.6) is 0 Å². The van der Waals surface area contributed by atoms with Crippen molar-refractivity contribution in [3.8, 4) is 0 Å². The van der Waals surface area contributed by atoms with Crippen LogP contribution in [0.25, 0.3) is 0 Å². The first-order valence-corrected chi connectivity index (χ1v) is 6.54. The van der Waals surface area contributed by atoms with Crippen molar-refractivity contribution in [2.24, 2.45) is 0 Å². The molecule has 1 unspecified atom stereocenters. The molecule has 96 valence electrons. The molecule has 0 aromatic heterocycles. The first-order valence-electron chi connectivity index (χ1n) is 5.46. The Labute approximate surface area is 115 Å². The van der Waals surface area contributed by atoms with E-state index >= 15 is 0 Å². The Kier molecular flexibility index (Phi) is 7.50. The first kappa shape index (κ1) is 14.7. The standard InChI is InChI=1S/C12H18INO3/c1-16-5-6-17-9-12(15)8-14-11-4-2-3-10(13)7-11/h2-4,7,12,14-15H,5-6,8-9H2,1H3. The molecule has 0 saturated heterocycles. The fourth-order valence-corrected chi connectivity index (χ4v) is 1.80. The molecule has 1 aromatic carbocycles. The molecule has 0 aliphatic rings. The van der Waals surface area contributed by atoms with Gasteiger partial charge < -0.3 is 19.9 Å². The van der Waals surface area contributed by atoms with Crippen molar-refractivity contribution in [2.75, 3.05) is 38.8 Å². The van der Waals surface area contributed by atoms with Gasteiger partial charge in [-0.25, -0.2) is 0 Å². The molecule has 2 N–H and O–H groups in total. The quantitative estimate of drug-likeness (QED) is 0.553. The predicted molar refractivity (Wildman–Crippen MR) is 76.4 cm³/mol. The number of anilines is 1. The number of methoxy groups -OCH3 is 1. The first-order chi connectivity index (χ1) is 8.22. The van der Waals surface area contributed by atoms with Crippen molar-refractivity contribution in [3.63, 3.8) is 0 Å². The molecule has 4 nitrogen and oxygen atoms in total. The van der Waals surface area contributed by atoms with E-state index in [0.29, 0.717) is 26.4 Å². The summed E-state index contributed by atoms with van der Waals surface area (Å²) in [6.07, 6.45) is -0.510. The van der Waals surface area contributed by atoms with Crippen LogP contribution in [0.3, 0.4) is 0 Å². The highest BCUT2D eigenvalue weighted by Gasteiger charge is 2.03. The van der Waals surface area contributed by atoms with Gasteiger partial charge in [0.1, 0.15) is 0 Å². The molecule has 0 spiro atoms. The number of hydrogen-bond donors (Lipinski definition) is 2. The van der Waals surface area contributed by atoms with Crippen molar-refractivity contribution < 1.29 is 14.6 Å². The summed E-state index contributed by atoms with van der Waals surface area (Å²) in [5.41, 5.74) is 1.01. The topological polar surface area (TPSA) is 50.7 Å². The largest absolute Gasteiger partial charge is 0.389 e. The van der Waals surface area contributed by atoms with E-state index in [4.69, 9.17) is 9.47 Å². The fourth-order valence-electron chi connectivity index (χ4n) is 1.25. The molecule has 5 heteroatoms. The highest BCUT2D eigenvalue weighted by molar-refractivity contribution is 14.1. The Hall–Kier alpha value is -0.370. The Balaban J connectivity index is 2.17. The molecule has 0 fully saturated rings. The second-order valence-corrected chi connectivity index (χ2v) is 4.86. The molecule has 0 saturated carbocycles. The molecule has 0 aliphatic heterocycles. The summed E-state index contributed by atoms with van der Waals surface area (Å²) in [6.45, 7) is 1.86. The smallest absolute Gasteiger partial charge is 0.0945 e.